The molecule has 0 radical (unpaired) electrons. The standard InChI is InChI=1S/C8H16N2O4.Pt/c1-2-5(4-9)3-6(10)14-8(13)7(11)12;/h5-6H,2-4,9-10H2,1H3,(H,11,12);. The SMILES string of the molecule is CCC(CN)CC(N)OC(=O)C(=O)O.[Pt]. The van der Waals surface area contributed by atoms with Crippen LogP contribution in [-0.2, 0) is 35.4 Å². The number of carbonyl (C=O) groups excluding carboxylic acids is 1. The van der Waals surface area contributed by atoms with E-state index in [0.29, 0.717) is 13.0 Å². The molecular weight excluding hydrogens is 383 g/mol. The first-order valence-corrected chi connectivity index (χ1v) is 4.40. The largest absolute Gasteiger partial charge is 0.473 e. The minimum absolute atomic E-state index is 0. The maximum Gasteiger partial charge on any atom is 0.418 e. The predicted molar refractivity (Wildman–Crippen MR) is 49.2 cm³/mol. The van der Waals surface area contributed by atoms with Gasteiger partial charge in [-0.15, -0.1) is 0 Å². The molecule has 0 aromatic heterocycles. The van der Waals surface area contributed by atoms with E-state index in [2.05, 4.69) is 4.74 Å². The van der Waals surface area contributed by atoms with E-state index in [4.69, 9.17) is 16.6 Å². The van der Waals surface area contributed by atoms with Crippen LogP contribution in [0.5, 0.6) is 0 Å². The molecule has 92 valence electrons. The summed E-state index contributed by atoms with van der Waals surface area (Å²) in [5.41, 5.74) is 10.8. The number of aliphatic carboxylic acids is 1. The third-order valence-corrected chi connectivity index (χ3v) is 1.91. The van der Waals surface area contributed by atoms with Crippen LogP contribution in [0.25, 0.3) is 0 Å². The van der Waals surface area contributed by atoms with Crippen molar-refractivity contribution >= 4 is 11.9 Å². The third kappa shape index (κ3) is 7.47. The Labute approximate surface area is 103 Å². The summed E-state index contributed by atoms with van der Waals surface area (Å²) < 4.78 is 4.43. The minimum Gasteiger partial charge on any atom is -0.473 e. The fraction of sp³-hybridized carbons (Fsp3) is 0.750. The average Bonchev–Trinajstić information content (AvgIpc) is 2.13. The summed E-state index contributed by atoms with van der Waals surface area (Å²) in [6, 6.07) is 0. The van der Waals surface area contributed by atoms with Crippen LogP contribution in [0.4, 0.5) is 0 Å². The second-order valence-electron chi connectivity index (χ2n) is 2.99. The number of rotatable bonds is 5. The van der Waals surface area contributed by atoms with Gasteiger partial charge in [0.2, 0.25) is 0 Å². The van der Waals surface area contributed by atoms with Gasteiger partial charge in [0.25, 0.3) is 0 Å². The van der Waals surface area contributed by atoms with Crippen molar-refractivity contribution in [3.05, 3.63) is 0 Å². The Bertz CT molecular complexity index is 209. The van der Waals surface area contributed by atoms with Crippen molar-refractivity contribution in [1.82, 2.24) is 0 Å². The molecule has 0 aromatic rings. The van der Waals surface area contributed by atoms with Gasteiger partial charge in [-0.1, -0.05) is 13.3 Å². The average molecular weight is 399 g/mol. The van der Waals surface area contributed by atoms with Crippen molar-refractivity contribution in [1.29, 1.82) is 0 Å². The quantitative estimate of drug-likeness (QED) is 0.319. The van der Waals surface area contributed by atoms with Crippen LogP contribution in [0, 0.1) is 5.92 Å². The van der Waals surface area contributed by atoms with E-state index in [9.17, 15) is 9.59 Å². The normalized spacial score (nSPS) is 13.5. The van der Waals surface area contributed by atoms with Crippen molar-refractivity contribution in [2.75, 3.05) is 6.54 Å². The smallest absolute Gasteiger partial charge is 0.418 e. The number of esters is 1. The van der Waals surface area contributed by atoms with Crippen LogP contribution in [0.3, 0.4) is 0 Å². The summed E-state index contributed by atoms with van der Waals surface area (Å²) in [7, 11) is 0. The summed E-state index contributed by atoms with van der Waals surface area (Å²) in [6.07, 6.45) is 0.299. The van der Waals surface area contributed by atoms with E-state index in [0.717, 1.165) is 6.42 Å². The van der Waals surface area contributed by atoms with E-state index in [-0.39, 0.29) is 27.0 Å². The fourth-order valence-corrected chi connectivity index (χ4v) is 0.994. The van der Waals surface area contributed by atoms with Crippen LogP contribution < -0.4 is 11.5 Å². The van der Waals surface area contributed by atoms with Crippen molar-refractivity contribution in [3.8, 4) is 0 Å². The Morgan fingerprint density at radius 3 is 2.33 bits per heavy atom. The molecule has 7 heteroatoms. The molecule has 0 aliphatic carbocycles. The Morgan fingerprint density at radius 1 is 1.47 bits per heavy atom. The number of ether oxygens (including phenoxy) is 1. The molecule has 15 heavy (non-hydrogen) atoms. The summed E-state index contributed by atoms with van der Waals surface area (Å²) in [4.78, 5) is 20.7. The molecule has 2 unspecified atom stereocenters. The number of nitrogens with two attached hydrogens (primary N) is 2. The van der Waals surface area contributed by atoms with Crippen LogP contribution in [0.2, 0.25) is 0 Å². The molecule has 0 heterocycles. The van der Waals surface area contributed by atoms with Gasteiger partial charge >= 0.3 is 11.9 Å². The van der Waals surface area contributed by atoms with Gasteiger partial charge in [-0.3, -0.25) is 5.73 Å². The Balaban J connectivity index is 0. The topological polar surface area (TPSA) is 116 Å². The second kappa shape index (κ2) is 8.82. The molecule has 0 aromatic carbocycles. The van der Waals surface area contributed by atoms with E-state index in [1.165, 1.54) is 0 Å². The minimum atomic E-state index is -1.64. The number of carboxylic acid groups (broad SMARTS) is 1. The first kappa shape index (κ1) is 17.0. The second-order valence-corrected chi connectivity index (χ2v) is 2.99. The van der Waals surface area contributed by atoms with Gasteiger partial charge < -0.3 is 15.6 Å². The zero-order valence-corrected chi connectivity index (χ0v) is 10.7. The van der Waals surface area contributed by atoms with E-state index < -0.39 is 18.2 Å². The molecule has 0 aliphatic heterocycles. The number of hydrogen-bond donors (Lipinski definition) is 3. The summed E-state index contributed by atoms with van der Waals surface area (Å²) in [5, 5.41) is 8.22. The molecule has 0 amide bonds. The molecule has 0 saturated heterocycles. The zero-order valence-electron chi connectivity index (χ0n) is 8.42. The summed E-state index contributed by atoms with van der Waals surface area (Å²) >= 11 is 0. The number of hydrogen-bond acceptors (Lipinski definition) is 5. The molecule has 0 bridgehead atoms. The maximum atomic E-state index is 10.6. The van der Waals surface area contributed by atoms with Gasteiger partial charge in [-0.25, -0.2) is 9.59 Å². The van der Waals surface area contributed by atoms with E-state index in [1.54, 1.807) is 0 Å². The van der Waals surface area contributed by atoms with Crippen LogP contribution >= 0.6 is 0 Å². The van der Waals surface area contributed by atoms with Gasteiger partial charge in [0.05, 0.1) is 0 Å². The van der Waals surface area contributed by atoms with Crippen LogP contribution in [0.15, 0.2) is 0 Å². The molecule has 0 fully saturated rings. The van der Waals surface area contributed by atoms with Crippen molar-refractivity contribution < 1.29 is 40.5 Å². The van der Waals surface area contributed by atoms with Gasteiger partial charge in [0, 0.05) is 27.5 Å². The van der Waals surface area contributed by atoms with Gasteiger partial charge in [0.1, 0.15) is 0 Å². The first-order valence-electron chi connectivity index (χ1n) is 4.40. The van der Waals surface area contributed by atoms with Crippen molar-refractivity contribution in [2.45, 2.75) is 26.0 Å². The number of carboxylic acids is 1. The monoisotopic (exact) mass is 399 g/mol. The molecule has 0 rings (SSSR count). The zero-order chi connectivity index (χ0) is 11.1. The predicted octanol–water partition coefficient (Wildman–Crippen LogP) is -0.728. The third-order valence-electron chi connectivity index (χ3n) is 1.91. The van der Waals surface area contributed by atoms with Crippen LogP contribution in [0.1, 0.15) is 19.8 Å². The van der Waals surface area contributed by atoms with Crippen LogP contribution in [-0.4, -0.2) is 29.8 Å². The molecule has 6 nitrogen and oxygen atoms in total. The molecule has 0 aliphatic rings. The molecular formula is C8H16N2O4Pt. The maximum absolute atomic E-state index is 10.6. The van der Waals surface area contributed by atoms with Gasteiger partial charge in [0.15, 0.2) is 6.23 Å². The van der Waals surface area contributed by atoms with Gasteiger partial charge in [-0.2, -0.15) is 0 Å². The fourth-order valence-electron chi connectivity index (χ4n) is 0.994. The molecule has 0 saturated carbocycles. The molecule has 5 N–H and O–H groups in total. The first-order chi connectivity index (χ1) is 6.51. The summed E-state index contributed by atoms with van der Waals surface area (Å²) in [6.45, 7) is 2.37. The van der Waals surface area contributed by atoms with E-state index in [1.807, 2.05) is 6.92 Å². The Kier molecular flexibility index (Phi) is 9.98. The van der Waals surface area contributed by atoms with Crippen molar-refractivity contribution in [2.24, 2.45) is 17.4 Å². The number of carbonyl (C=O) groups is 2. The molecule has 2 atom stereocenters. The Morgan fingerprint density at radius 2 is 2.00 bits per heavy atom. The Hall–Kier alpha value is -0.452. The van der Waals surface area contributed by atoms with Crippen molar-refractivity contribution in [3.63, 3.8) is 0 Å². The summed E-state index contributed by atoms with van der Waals surface area (Å²) in [5.74, 6) is -2.82. The van der Waals surface area contributed by atoms with Gasteiger partial charge in [-0.05, 0) is 12.5 Å². The van der Waals surface area contributed by atoms with E-state index >= 15 is 0 Å². The molecule has 0 spiro atoms.